The van der Waals surface area contributed by atoms with Crippen molar-refractivity contribution in [1.82, 2.24) is 10.2 Å². The number of anilines is 4. The molecule has 0 spiro atoms. The first-order chi connectivity index (χ1) is 18.5. The lowest BCUT2D eigenvalue weighted by atomic mass is 10.2. The second-order valence-electron chi connectivity index (χ2n) is 8.91. The van der Waals surface area contributed by atoms with Gasteiger partial charge < -0.3 is 9.80 Å². The highest BCUT2D eigenvalue weighted by atomic mass is 15.4. The number of fused-ring (bicyclic) bond motifs is 1. The number of nitrogens with zero attached hydrogens (tertiary/aromatic N) is 6. The molecule has 2 N–H and O–H groups in total. The van der Waals surface area contributed by atoms with Crippen molar-refractivity contribution in [2.75, 3.05) is 48.8 Å². The highest BCUT2D eigenvalue weighted by Crippen LogP contribution is 2.25. The van der Waals surface area contributed by atoms with Gasteiger partial charge in [0.2, 0.25) is 0 Å². The molecule has 0 saturated carbocycles. The minimum atomic E-state index is 0.566. The summed E-state index contributed by atoms with van der Waals surface area (Å²) in [6.45, 7) is 0. The van der Waals surface area contributed by atoms with Crippen molar-refractivity contribution in [3.8, 4) is 0 Å². The summed E-state index contributed by atoms with van der Waals surface area (Å²) in [5.41, 5.74) is 10.5. The molecule has 4 rings (SSSR count). The van der Waals surface area contributed by atoms with Gasteiger partial charge >= 0.3 is 0 Å². The zero-order chi connectivity index (χ0) is 26.7. The standard InChI is InChI=1S/C30H32N8/c1-37(2)25-17-13-23(14-18-25)9-7-21-31-33-29-27-11-5-6-12-28(27)30(36-35-29)34-32-22-8-10-24-15-19-26(20-16-24)38(3)4/h5-22H,1-4H3,(H,33,35)(H,34,36). The molecule has 192 valence electrons. The van der Waals surface area contributed by atoms with Crippen LogP contribution in [0.15, 0.2) is 95.2 Å². The van der Waals surface area contributed by atoms with E-state index in [2.05, 4.69) is 89.6 Å². The summed E-state index contributed by atoms with van der Waals surface area (Å²) in [5.74, 6) is 1.13. The Hall–Kier alpha value is -4.98. The van der Waals surface area contributed by atoms with Gasteiger partial charge in [-0.15, -0.1) is 10.2 Å². The zero-order valence-electron chi connectivity index (χ0n) is 22.1. The van der Waals surface area contributed by atoms with E-state index in [1.807, 2.05) is 76.8 Å². The SMILES string of the molecule is CN(C)c1ccc(C=CC=NNc2nnc(NN=CC=Cc3ccc(N(C)C)cc3)c3ccccc23)cc1. The minimum absolute atomic E-state index is 0.566. The molecule has 0 aliphatic carbocycles. The van der Waals surface area contributed by atoms with E-state index in [0.717, 1.165) is 33.3 Å². The largest absolute Gasteiger partial charge is 0.378 e. The molecule has 38 heavy (non-hydrogen) atoms. The molecule has 3 aromatic carbocycles. The summed E-state index contributed by atoms with van der Waals surface area (Å²) in [5, 5.41) is 18.9. The summed E-state index contributed by atoms with van der Waals surface area (Å²) in [6, 6.07) is 24.4. The van der Waals surface area contributed by atoms with Gasteiger partial charge in [-0.05, 0) is 47.5 Å². The monoisotopic (exact) mass is 504 g/mol. The van der Waals surface area contributed by atoms with Crippen LogP contribution in [-0.4, -0.2) is 50.8 Å². The van der Waals surface area contributed by atoms with Gasteiger partial charge in [0.05, 0.1) is 0 Å². The Bertz CT molecular complexity index is 1340. The van der Waals surface area contributed by atoms with Crippen molar-refractivity contribution in [2.24, 2.45) is 10.2 Å². The van der Waals surface area contributed by atoms with Crippen LogP contribution in [-0.2, 0) is 0 Å². The molecule has 0 atom stereocenters. The first-order valence-electron chi connectivity index (χ1n) is 12.2. The van der Waals surface area contributed by atoms with E-state index in [1.54, 1.807) is 12.4 Å². The van der Waals surface area contributed by atoms with Crippen molar-refractivity contribution in [3.05, 3.63) is 96.1 Å². The van der Waals surface area contributed by atoms with Gasteiger partial charge in [0.25, 0.3) is 0 Å². The summed E-state index contributed by atoms with van der Waals surface area (Å²) in [6.07, 6.45) is 11.1. The topological polar surface area (TPSA) is 81.0 Å². The van der Waals surface area contributed by atoms with Crippen LogP contribution in [0.25, 0.3) is 22.9 Å². The first kappa shape index (κ1) is 26.1. The van der Waals surface area contributed by atoms with Crippen LogP contribution in [0.1, 0.15) is 11.1 Å². The molecule has 4 aromatic rings. The maximum absolute atomic E-state index is 4.30. The predicted octanol–water partition coefficient (Wildman–Crippen LogP) is 5.98. The van der Waals surface area contributed by atoms with E-state index in [9.17, 15) is 0 Å². The Morgan fingerprint density at radius 1 is 0.579 bits per heavy atom. The van der Waals surface area contributed by atoms with Crippen LogP contribution >= 0.6 is 0 Å². The molecule has 0 unspecified atom stereocenters. The number of hydrazone groups is 2. The molecular weight excluding hydrogens is 472 g/mol. The van der Waals surface area contributed by atoms with Crippen molar-refractivity contribution in [1.29, 1.82) is 0 Å². The predicted molar refractivity (Wildman–Crippen MR) is 163 cm³/mol. The fourth-order valence-corrected chi connectivity index (χ4v) is 3.63. The summed E-state index contributed by atoms with van der Waals surface area (Å²) < 4.78 is 0. The quantitative estimate of drug-likeness (QED) is 0.204. The summed E-state index contributed by atoms with van der Waals surface area (Å²) >= 11 is 0. The molecule has 0 aliphatic heterocycles. The molecule has 8 nitrogen and oxygen atoms in total. The molecule has 0 saturated heterocycles. The lowest BCUT2D eigenvalue weighted by molar-refractivity contribution is 1.03. The Balaban J connectivity index is 1.37. The first-order valence-corrected chi connectivity index (χ1v) is 12.2. The van der Waals surface area contributed by atoms with Crippen molar-refractivity contribution < 1.29 is 0 Å². The van der Waals surface area contributed by atoms with Gasteiger partial charge in [-0.1, -0.05) is 60.7 Å². The Morgan fingerprint density at radius 2 is 0.974 bits per heavy atom. The lowest BCUT2D eigenvalue weighted by Crippen LogP contribution is -2.07. The summed E-state index contributed by atoms with van der Waals surface area (Å²) in [4.78, 5) is 4.14. The number of rotatable bonds is 10. The molecule has 8 heteroatoms. The maximum Gasteiger partial charge on any atom is 0.176 e. The van der Waals surface area contributed by atoms with Crippen molar-refractivity contribution >= 4 is 58.4 Å². The third kappa shape index (κ3) is 7.04. The Kier molecular flexibility index (Phi) is 8.80. The second kappa shape index (κ2) is 12.8. The molecular formula is C30H32N8. The van der Waals surface area contributed by atoms with Gasteiger partial charge in [-0.3, -0.25) is 10.9 Å². The van der Waals surface area contributed by atoms with Crippen molar-refractivity contribution in [2.45, 2.75) is 0 Å². The fourth-order valence-electron chi connectivity index (χ4n) is 3.63. The molecule has 0 radical (unpaired) electrons. The van der Waals surface area contributed by atoms with E-state index >= 15 is 0 Å². The number of allylic oxidation sites excluding steroid dienone is 2. The van der Waals surface area contributed by atoms with Crippen LogP contribution in [0.4, 0.5) is 23.0 Å². The lowest BCUT2D eigenvalue weighted by Gasteiger charge is -2.11. The van der Waals surface area contributed by atoms with Crippen LogP contribution < -0.4 is 20.7 Å². The fraction of sp³-hybridized carbons (Fsp3) is 0.133. The van der Waals surface area contributed by atoms with E-state index in [4.69, 9.17) is 0 Å². The maximum atomic E-state index is 4.30. The molecule has 0 aliphatic rings. The van der Waals surface area contributed by atoms with Gasteiger partial charge in [-0.2, -0.15) is 10.2 Å². The number of hydrogen-bond donors (Lipinski definition) is 2. The van der Waals surface area contributed by atoms with E-state index in [0.29, 0.717) is 11.6 Å². The van der Waals surface area contributed by atoms with Crippen LogP contribution in [0.5, 0.6) is 0 Å². The molecule has 0 amide bonds. The molecule has 0 bridgehead atoms. The third-order valence-corrected chi connectivity index (χ3v) is 5.75. The van der Waals surface area contributed by atoms with Crippen LogP contribution in [0.2, 0.25) is 0 Å². The molecule has 0 fully saturated rings. The summed E-state index contributed by atoms with van der Waals surface area (Å²) in [7, 11) is 8.10. The number of hydrogen-bond acceptors (Lipinski definition) is 8. The smallest absolute Gasteiger partial charge is 0.176 e. The highest BCUT2D eigenvalue weighted by Gasteiger charge is 2.07. The van der Waals surface area contributed by atoms with Gasteiger partial charge in [0.1, 0.15) is 0 Å². The molecule has 1 heterocycles. The van der Waals surface area contributed by atoms with Gasteiger partial charge in [0.15, 0.2) is 11.6 Å². The molecule has 1 aromatic heterocycles. The van der Waals surface area contributed by atoms with Crippen LogP contribution in [0, 0.1) is 0 Å². The second-order valence-corrected chi connectivity index (χ2v) is 8.91. The number of aromatic nitrogens is 2. The van der Waals surface area contributed by atoms with Gasteiger partial charge in [0, 0.05) is 62.8 Å². The Labute approximate surface area is 223 Å². The Morgan fingerprint density at radius 3 is 1.34 bits per heavy atom. The third-order valence-electron chi connectivity index (χ3n) is 5.75. The van der Waals surface area contributed by atoms with E-state index in [-0.39, 0.29) is 0 Å². The zero-order valence-corrected chi connectivity index (χ0v) is 22.1. The van der Waals surface area contributed by atoms with E-state index in [1.165, 1.54) is 0 Å². The van der Waals surface area contributed by atoms with Crippen LogP contribution in [0.3, 0.4) is 0 Å². The van der Waals surface area contributed by atoms with Crippen molar-refractivity contribution in [3.63, 3.8) is 0 Å². The minimum Gasteiger partial charge on any atom is -0.378 e. The average molecular weight is 505 g/mol. The number of nitrogens with one attached hydrogen (secondary N) is 2. The van der Waals surface area contributed by atoms with Gasteiger partial charge in [-0.25, -0.2) is 0 Å². The van der Waals surface area contributed by atoms with E-state index < -0.39 is 0 Å². The average Bonchev–Trinajstić information content (AvgIpc) is 2.94. The highest BCUT2D eigenvalue weighted by molar-refractivity contribution is 5.98. The normalized spacial score (nSPS) is 11.8. The number of benzene rings is 3.